The molecule has 14 heavy (non-hydrogen) atoms. The highest BCUT2D eigenvalue weighted by atomic mass is 35.5. The molecule has 0 unspecified atom stereocenters. The Bertz CT molecular complexity index is 328. The molecule has 0 aliphatic heterocycles. The van der Waals surface area contributed by atoms with Gasteiger partial charge in [0.05, 0.1) is 6.20 Å². The first kappa shape index (κ1) is 10.9. The van der Waals surface area contributed by atoms with Gasteiger partial charge in [0.15, 0.2) is 11.6 Å². The summed E-state index contributed by atoms with van der Waals surface area (Å²) in [5, 5.41) is 2.83. The third-order valence-electron chi connectivity index (χ3n) is 1.50. The predicted octanol–water partition coefficient (Wildman–Crippen LogP) is 2.65. The molecule has 0 spiro atoms. The van der Waals surface area contributed by atoms with E-state index >= 15 is 0 Å². The van der Waals surface area contributed by atoms with Crippen LogP contribution in [0.3, 0.4) is 0 Å². The van der Waals surface area contributed by atoms with Crippen LogP contribution in [-0.4, -0.2) is 16.5 Å². The van der Waals surface area contributed by atoms with E-state index in [2.05, 4.69) is 15.3 Å². The van der Waals surface area contributed by atoms with E-state index in [9.17, 15) is 4.39 Å². The quantitative estimate of drug-likeness (QED) is 0.620. The molecule has 0 aliphatic carbocycles. The first-order chi connectivity index (χ1) is 6.74. The number of hydrogen-bond donors (Lipinski definition) is 1. The minimum Gasteiger partial charge on any atom is -0.364 e. The monoisotopic (exact) mass is 215 g/mol. The molecule has 5 heteroatoms. The molecule has 0 aromatic carbocycles. The van der Waals surface area contributed by atoms with Crippen molar-refractivity contribution in [3.05, 3.63) is 29.4 Å². The number of halogens is 2. The molecule has 3 nitrogen and oxygen atoms in total. The van der Waals surface area contributed by atoms with Crippen LogP contribution < -0.4 is 5.32 Å². The Balaban J connectivity index is 2.57. The lowest BCUT2D eigenvalue weighted by Crippen LogP contribution is -2.04. The number of nitrogens with zero attached hydrogens (tertiary/aromatic N) is 2. The van der Waals surface area contributed by atoms with Gasteiger partial charge in [-0.3, -0.25) is 0 Å². The second-order valence-electron chi connectivity index (χ2n) is 2.60. The minimum absolute atomic E-state index is 0.0355. The molecule has 0 saturated heterocycles. The van der Waals surface area contributed by atoms with Gasteiger partial charge in [-0.05, 0) is 18.0 Å². The van der Waals surface area contributed by atoms with Crippen molar-refractivity contribution in [2.24, 2.45) is 0 Å². The summed E-state index contributed by atoms with van der Waals surface area (Å²) in [7, 11) is 0. The molecule has 76 valence electrons. The maximum atomic E-state index is 13.0. The van der Waals surface area contributed by atoms with Gasteiger partial charge in [-0.15, -0.1) is 0 Å². The summed E-state index contributed by atoms with van der Waals surface area (Å²) in [5.41, 5.74) is 0. The van der Waals surface area contributed by atoms with Gasteiger partial charge < -0.3 is 5.32 Å². The van der Waals surface area contributed by atoms with Crippen LogP contribution in [0.2, 0.25) is 5.28 Å². The van der Waals surface area contributed by atoms with Crippen molar-refractivity contribution >= 4 is 17.4 Å². The van der Waals surface area contributed by atoms with E-state index in [1.54, 1.807) is 0 Å². The Labute approximate surface area is 87.0 Å². The van der Waals surface area contributed by atoms with Crippen LogP contribution in [0.1, 0.15) is 13.3 Å². The molecule has 0 atom stereocenters. The van der Waals surface area contributed by atoms with Crippen LogP contribution in [0.25, 0.3) is 0 Å². The summed E-state index contributed by atoms with van der Waals surface area (Å²) >= 11 is 5.51. The molecule has 1 aromatic heterocycles. The van der Waals surface area contributed by atoms with E-state index < -0.39 is 5.82 Å². The van der Waals surface area contributed by atoms with Gasteiger partial charge in [0.1, 0.15) is 0 Å². The number of nitrogens with one attached hydrogen (secondary N) is 1. The molecule has 1 aromatic rings. The lowest BCUT2D eigenvalue weighted by molar-refractivity contribution is 0.617. The second-order valence-corrected chi connectivity index (χ2v) is 2.93. The van der Waals surface area contributed by atoms with Crippen molar-refractivity contribution < 1.29 is 4.39 Å². The molecule has 0 bridgehead atoms. The van der Waals surface area contributed by atoms with Crippen LogP contribution >= 0.6 is 11.6 Å². The average molecular weight is 216 g/mol. The van der Waals surface area contributed by atoms with Crippen LogP contribution in [0.4, 0.5) is 10.2 Å². The highest BCUT2D eigenvalue weighted by Gasteiger charge is 2.03. The number of rotatable bonds is 4. The van der Waals surface area contributed by atoms with Gasteiger partial charge >= 0.3 is 0 Å². The summed E-state index contributed by atoms with van der Waals surface area (Å²) in [6.07, 6.45) is 5.87. The summed E-state index contributed by atoms with van der Waals surface area (Å²) in [5.74, 6) is -0.370. The predicted molar refractivity (Wildman–Crippen MR) is 54.9 cm³/mol. The molecule has 0 aliphatic rings. The van der Waals surface area contributed by atoms with Crippen molar-refractivity contribution in [1.82, 2.24) is 9.97 Å². The van der Waals surface area contributed by atoms with Gasteiger partial charge in [-0.1, -0.05) is 19.1 Å². The van der Waals surface area contributed by atoms with E-state index in [0.29, 0.717) is 6.54 Å². The molecule has 0 fully saturated rings. The van der Waals surface area contributed by atoms with Gasteiger partial charge in [0.2, 0.25) is 5.28 Å². The van der Waals surface area contributed by atoms with Gasteiger partial charge in [0.25, 0.3) is 0 Å². The fraction of sp³-hybridized carbons (Fsp3) is 0.333. The number of anilines is 1. The van der Waals surface area contributed by atoms with E-state index in [-0.39, 0.29) is 11.1 Å². The fourth-order valence-corrected chi connectivity index (χ4v) is 1.01. The maximum Gasteiger partial charge on any atom is 0.224 e. The standard InChI is InChI=1S/C9H11ClFN3/c1-2-3-4-5-12-8-7(11)6-13-9(10)14-8/h3-4,6H,2,5H2,1H3,(H,12,13,14)/b4-3+. The summed E-state index contributed by atoms with van der Waals surface area (Å²) in [4.78, 5) is 7.21. The Kier molecular flexibility index (Phi) is 4.32. The Morgan fingerprint density at radius 3 is 3.07 bits per heavy atom. The van der Waals surface area contributed by atoms with E-state index in [1.165, 1.54) is 0 Å². The molecule has 1 N–H and O–H groups in total. The first-order valence-corrected chi connectivity index (χ1v) is 4.68. The highest BCUT2D eigenvalue weighted by Crippen LogP contribution is 2.11. The first-order valence-electron chi connectivity index (χ1n) is 4.31. The zero-order valence-electron chi connectivity index (χ0n) is 7.80. The van der Waals surface area contributed by atoms with E-state index in [0.717, 1.165) is 12.6 Å². The zero-order valence-corrected chi connectivity index (χ0v) is 8.55. The van der Waals surface area contributed by atoms with Gasteiger partial charge in [0, 0.05) is 6.54 Å². The summed E-state index contributed by atoms with van der Waals surface area (Å²) < 4.78 is 13.0. The molecular weight excluding hydrogens is 205 g/mol. The van der Waals surface area contributed by atoms with E-state index in [4.69, 9.17) is 11.6 Å². The lowest BCUT2D eigenvalue weighted by atomic mass is 10.4. The maximum absolute atomic E-state index is 13.0. The zero-order chi connectivity index (χ0) is 10.4. The topological polar surface area (TPSA) is 37.8 Å². The molecule has 0 radical (unpaired) electrons. The highest BCUT2D eigenvalue weighted by molar-refractivity contribution is 6.28. The Morgan fingerprint density at radius 2 is 2.36 bits per heavy atom. The molecule has 0 amide bonds. The smallest absolute Gasteiger partial charge is 0.224 e. The van der Waals surface area contributed by atoms with Crippen molar-refractivity contribution in [2.45, 2.75) is 13.3 Å². The number of aromatic nitrogens is 2. The largest absolute Gasteiger partial charge is 0.364 e. The van der Waals surface area contributed by atoms with E-state index in [1.807, 2.05) is 19.1 Å². The Hall–Kier alpha value is -1.16. The Morgan fingerprint density at radius 1 is 1.57 bits per heavy atom. The van der Waals surface area contributed by atoms with Crippen molar-refractivity contribution in [3.8, 4) is 0 Å². The molecule has 1 rings (SSSR count). The minimum atomic E-state index is -0.501. The normalized spacial score (nSPS) is 10.8. The van der Waals surface area contributed by atoms with Gasteiger partial charge in [-0.2, -0.15) is 4.98 Å². The van der Waals surface area contributed by atoms with Crippen molar-refractivity contribution in [3.63, 3.8) is 0 Å². The summed E-state index contributed by atoms with van der Waals surface area (Å²) in [6.45, 7) is 2.55. The third-order valence-corrected chi connectivity index (χ3v) is 1.69. The molecule has 1 heterocycles. The molecular formula is C9H11ClFN3. The lowest BCUT2D eigenvalue weighted by Gasteiger charge is -2.02. The van der Waals surface area contributed by atoms with Gasteiger partial charge in [-0.25, -0.2) is 9.37 Å². The van der Waals surface area contributed by atoms with Crippen molar-refractivity contribution in [2.75, 3.05) is 11.9 Å². The number of allylic oxidation sites excluding steroid dienone is 1. The molecule has 0 saturated carbocycles. The average Bonchev–Trinajstić information content (AvgIpc) is 2.18. The second kappa shape index (κ2) is 5.54. The van der Waals surface area contributed by atoms with Crippen LogP contribution in [0.15, 0.2) is 18.3 Å². The number of hydrogen-bond acceptors (Lipinski definition) is 3. The fourth-order valence-electron chi connectivity index (χ4n) is 0.875. The van der Waals surface area contributed by atoms with Crippen molar-refractivity contribution in [1.29, 1.82) is 0 Å². The SMILES string of the molecule is CC/C=C/CNc1nc(Cl)ncc1F. The van der Waals surface area contributed by atoms with Crippen LogP contribution in [0.5, 0.6) is 0 Å². The van der Waals surface area contributed by atoms with Crippen LogP contribution in [0, 0.1) is 5.82 Å². The third kappa shape index (κ3) is 3.30. The van der Waals surface area contributed by atoms with Crippen LogP contribution in [-0.2, 0) is 0 Å². The summed E-state index contributed by atoms with van der Waals surface area (Å²) in [6, 6.07) is 0.